The first-order valence-electron chi connectivity index (χ1n) is 9.45. The smallest absolute Gasteiger partial charge is 0.353 e. The zero-order valence-corrected chi connectivity index (χ0v) is 17.0. The number of pyridine rings is 1. The van der Waals surface area contributed by atoms with Crippen LogP contribution in [0.1, 0.15) is 11.4 Å². The predicted octanol–water partition coefficient (Wildman–Crippen LogP) is 4.85. The van der Waals surface area contributed by atoms with Crippen molar-refractivity contribution in [3.8, 4) is 11.3 Å². The minimum absolute atomic E-state index is 0.0249. The Labute approximate surface area is 177 Å². The van der Waals surface area contributed by atoms with Gasteiger partial charge in [0, 0.05) is 49.0 Å². The Bertz CT molecular complexity index is 1050. The van der Waals surface area contributed by atoms with Crippen LogP contribution >= 0.6 is 11.6 Å². The lowest BCUT2D eigenvalue weighted by molar-refractivity contribution is -0.137. The largest absolute Gasteiger partial charge is 0.419 e. The fraction of sp³-hybridized carbons (Fsp3) is 0.286. The third kappa shape index (κ3) is 4.33. The highest BCUT2D eigenvalue weighted by Gasteiger charge is 2.36. The molecule has 3 heterocycles. The predicted molar refractivity (Wildman–Crippen MR) is 111 cm³/mol. The molecule has 2 aromatic heterocycles. The van der Waals surface area contributed by atoms with E-state index in [4.69, 9.17) is 11.6 Å². The van der Waals surface area contributed by atoms with Gasteiger partial charge >= 0.3 is 6.18 Å². The van der Waals surface area contributed by atoms with E-state index in [2.05, 4.69) is 19.9 Å². The Morgan fingerprint density at radius 1 is 0.933 bits per heavy atom. The third-order valence-corrected chi connectivity index (χ3v) is 5.18. The van der Waals surface area contributed by atoms with Crippen molar-refractivity contribution in [3.05, 3.63) is 65.1 Å². The number of aryl methyl sites for hydroxylation is 1. The molecule has 9 heteroatoms. The van der Waals surface area contributed by atoms with E-state index in [1.807, 2.05) is 31.2 Å². The molecule has 4 rings (SSSR count). The van der Waals surface area contributed by atoms with E-state index >= 15 is 0 Å². The van der Waals surface area contributed by atoms with Gasteiger partial charge in [0.25, 0.3) is 0 Å². The Balaban J connectivity index is 1.54. The van der Waals surface area contributed by atoms with Gasteiger partial charge in [0.2, 0.25) is 0 Å². The number of benzene rings is 1. The van der Waals surface area contributed by atoms with Gasteiger partial charge in [0.05, 0.1) is 11.3 Å². The summed E-state index contributed by atoms with van der Waals surface area (Å²) >= 11 is 6.10. The Hall–Kier alpha value is -2.87. The quantitative estimate of drug-likeness (QED) is 0.591. The molecule has 0 bridgehead atoms. The van der Waals surface area contributed by atoms with Crippen molar-refractivity contribution in [1.82, 2.24) is 15.0 Å². The maximum absolute atomic E-state index is 13.3. The molecule has 0 atom stereocenters. The molecule has 1 fully saturated rings. The Morgan fingerprint density at radius 2 is 1.67 bits per heavy atom. The molecule has 1 aliphatic rings. The summed E-state index contributed by atoms with van der Waals surface area (Å²) in [4.78, 5) is 16.7. The van der Waals surface area contributed by atoms with Gasteiger partial charge in [0.1, 0.15) is 17.5 Å². The number of aromatic nitrogens is 3. The number of piperazine rings is 1. The number of halogens is 4. The van der Waals surface area contributed by atoms with Crippen molar-refractivity contribution < 1.29 is 13.2 Å². The molecular weight excluding hydrogens is 415 g/mol. The highest BCUT2D eigenvalue weighted by atomic mass is 35.5. The summed E-state index contributed by atoms with van der Waals surface area (Å²) in [6.45, 7) is 3.70. The van der Waals surface area contributed by atoms with Crippen molar-refractivity contribution in [2.24, 2.45) is 0 Å². The average molecular weight is 434 g/mol. The monoisotopic (exact) mass is 433 g/mol. The number of hydrogen-bond acceptors (Lipinski definition) is 5. The topological polar surface area (TPSA) is 45.2 Å². The molecule has 1 saturated heterocycles. The molecule has 30 heavy (non-hydrogen) atoms. The third-order valence-electron chi connectivity index (χ3n) is 4.94. The highest BCUT2D eigenvalue weighted by Crippen LogP contribution is 2.35. The number of hydrogen-bond donors (Lipinski definition) is 0. The summed E-state index contributed by atoms with van der Waals surface area (Å²) in [6, 6.07) is 11.7. The fourth-order valence-corrected chi connectivity index (χ4v) is 3.72. The van der Waals surface area contributed by atoms with Crippen molar-refractivity contribution >= 4 is 23.2 Å². The van der Waals surface area contributed by atoms with Crippen LogP contribution in [-0.4, -0.2) is 41.1 Å². The van der Waals surface area contributed by atoms with Crippen LogP contribution < -0.4 is 9.80 Å². The van der Waals surface area contributed by atoms with Gasteiger partial charge in [-0.05, 0) is 31.2 Å². The van der Waals surface area contributed by atoms with Gasteiger partial charge in [-0.3, -0.25) is 0 Å². The van der Waals surface area contributed by atoms with E-state index in [1.165, 1.54) is 12.3 Å². The molecule has 0 radical (unpaired) electrons. The van der Waals surface area contributed by atoms with Crippen molar-refractivity contribution in [1.29, 1.82) is 0 Å². The maximum Gasteiger partial charge on any atom is 0.419 e. The van der Waals surface area contributed by atoms with Crippen LogP contribution in [0.15, 0.2) is 48.7 Å². The molecule has 5 nitrogen and oxygen atoms in total. The van der Waals surface area contributed by atoms with E-state index < -0.39 is 11.7 Å². The second kappa shape index (κ2) is 8.10. The molecule has 0 aliphatic carbocycles. The van der Waals surface area contributed by atoms with Crippen LogP contribution in [0.5, 0.6) is 0 Å². The van der Waals surface area contributed by atoms with Gasteiger partial charge in [-0.2, -0.15) is 13.2 Å². The number of alkyl halides is 3. The first-order chi connectivity index (χ1) is 14.3. The second-order valence-corrected chi connectivity index (χ2v) is 7.45. The molecule has 0 amide bonds. The van der Waals surface area contributed by atoms with Crippen LogP contribution in [0.25, 0.3) is 11.3 Å². The van der Waals surface area contributed by atoms with Gasteiger partial charge in [-0.25, -0.2) is 15.0 Å². The van der Waals surface area contributed by atoms with E-state index in [9.17, 15) is 13.2 Å². The van der Waals surface area contributed by atoms with E-state index in [-0.39, 0.29) is 5.82 Å². The summed E-state index contributed by atoms with van der Waals surface area (Å²) in [5.41, 5.74) is 0.933. The van der Waals surface area contributed by atoms with Crippen LogP contribution in [0.4, 0.5) is 24.8 Å². The summed E-state index contributed by atoms with van der Waals surface area (Å²) < 4.78 is 40.0. The summed E-state index contributed by atoms with van der Waals surface area (Å²) in [5.74, 6) is 1.34. The molecule has 1 aliphatic heterocycles. The SMILES string of the molecule is Cc1nc(-c2cccc(Cl)c2)cc(N2CCN(c3ncccc3C(F)(F)F)CC2)n1. The van der Waals surface area contributed by atoms with Crippen molar-refractivity contribution in [2.75, 3.05) is 36.0 Å². The zero-order valence-electron chi connectivity index (χ0n) is 16.2. The first-order valence-corrected chi connectivity index (χ1v) is 9.83. The zero-order chi connectivity index (χ0) is 21.3. The van der Waals surface area contributed by atoms with E-state index in [0.29, 0.717) is 37.0 Å². The molecule has 0 spiro atoms. The Morgan fingerprint density at radius 3 is 2.37 bits per heavy atom. The normalized spacial score (nSPS) is 14.8. The van der Waals surface area contributed by atoms with Crippen LogP contribution in [0.2, 0.25) is 5.02 Å². The summed E-state index contributed by atoms with van der Waals surface area (Å²) in [5, 5.41) is 0.620. The molecular formula is C21H19ClF3N5. The first kappa shape index (κ1) is 20.4. The van der Waals surface area contributed by atoms with Crippen molar-refractivity contribution in [3.63, 3.8) is 0 Å². The van der Waals surface area contributed by atoms with Gasteiger partial charge in [-0.1, -0.05) is 23.7 Å². The lowest BCUT2D eigenvalue weighted by atomic mass is 10.1. The van der Waals surface area contributed by atoms with E-state index in [0.717, 1.165) is 23.1 Å². The fourth-order valence-electron chi connectivity index (χ4n) is 3.53. The summed E-state index contributed by atoms with van der Waals surface area (Å²) in [7, 11) is 0. The number of nitrogens with zero attached hydrogens (tertiary/aromatic N) is 5. The molecule has 0 unspecified atom stereocenters. The van der Waals surface area contributed by atoms with Gasteiger partial charge in [-0.15, -0.1) is 0 Å². The number of rotatable bonds is 3. The van der Waals surface area contributed by atoms with E-state index in [1.54, 1.807) is 11.0 Å². The highest BCUT2D eigenvalue weighted by molar-refractivity contribution is 6.30. The van der Waals surface area contributed by atoms with Crippen molar-refractivity contribution in [2.45, 2.75) is 13.1 Å². The lowest BCUT2D eigenvalue weighted by Crippen LogP contribution is -2.47. The van der Waals surface area contributed by atoms with Crippen LogP contribution in [0, 0.1) is 6.92 Å². The number of anilines is 2. The average Bonchev–Trinajstić information content (AvgIpc) is 2.73. The summed E-state index contributed by atoms with van der Waals surface area (Å²) in [6.07, 6.45) is -3.04. The molecule has 0 N–H and O–H groups in total. The Kier molecular flexibility index (Phi) is 5.51. The van der Waals surface area contributed by atoms with Crippen LogP contribution in [-0.2, 0) is 6.18 Å². The maximum atomic E-state index is 13.3. The van der Waals surface area contributed by atoms with Gasteiger partial charge in [0.15, 0.2) is 0 Å². The minimum Gasteiger partial charge on any atom is -0.353 e. The minimum atomic E-state index is -4.43. The molecule has 156 valence electrons. The van der Waals surface area contributed by atoms with Gasteiger partial charge < -0.3 is 9.80 Å². The molecule has 1 aromatic carbocycles. The second-order valence-electron chi connectivity index (χ2n) is 7.02. The molecule has 3 aromatic rings. The lowest BCUT2D eigenvalue weighted by Gasteiger charge is -2.37. The molecule has 0 saturated carbocycles. The van der Waals surface area contributed by atoms with Crippen LogP contribution in [0.3, 0.4) is 0 Å². The standard InChI is InChI=1S/C21H19ClF3N5/c1-14-27-18(15-4-2-5-16(22)12-15)13-19(28-14)29-8-10-30(11-9-29)20-17(21(23,24)25)6-3-7-26-20/h2-7,12-13H,8-11H2,1H3.